The van der Waals surface area contributed by atoms with Gasteiger partial charge in [0.15, 0.2) is 3.70 Å². The number of aromatic nitrogens is 1. The molecule has 6 nitrogen and oxygen atoms in total. The molecule has 0 aliphatic carbocycles. The summed E-state index contributed by atoms with van der Waals surface area (Å²) in [6.07, 6.45) is -5.01. The van der Waals surface area contributed by atoms with Crippen LogP contribution >= 0.6 is 22.6 Å². The van der Waals surface area contributed by atoms with Gasteiger partial charge in [0.25, 0.3) is 0 Å². The third kappa shape index (κ3) is 3.66. The highest BCUT2D eigenvalue weighted by Gasteiger charge is 2.36. The molecule has 0 saturated heterocycles. The van der Waals surface area contributed by atoms with Crippen LogP contribution < -0.4 is 10.5 Å². The summed E-state index contributed by atoms with van der Waals surface area (Å²) in [6.45, 7) is -0.151. The van der Waals surface area contributed by atoms with Crippen molar-refractivity contribution in [3.8, 4) is 5.75 Å². The zero-order valence-corrected chi connectivity index (χ0v) is 10.2. The zero-order chi connectivity index (χ0) is 13.2. The second-order valence-electron chi connectivity index (χ2n) is 2.76. The topological polar surface area (TPSA) is 91.3 Å². The van der Waals surface area contributed by atoms with Gasteiger partial charge >= 0.3 is 12.0 Å². The highest BCUT2D eigenvalue weighted by molar-refractivity contribution is 14.1. The van der Waals surface area contributed by atoms with E-state index in [-0.39, 0.29) is 15.9 Å². The number of nitrogens with two attached hydrogens (primary N) is 1. The van der Waals surface area contributed by atoms with Gasteiger partial charge in [-0.2, -0.15) is 0 Å². The summed E-state index contributed by atoms with van der Waals surface area (Å²) in [4.78, 5) is 13.3. The molecule has 1 heterocycles. The van der Waals surface area contributed by atoms with E-state index in [9.17, 15) is 23.3 Å². The lowest BCUT2D eigenvalue weighted by atomic mass is 10.3. The molecule has 1 rings (SSSR count). The molecule has 0 aliphatic rings. The van der Waals surface area contributed by atoms with Crippen molar-refractivity contribution >= 4 is 28.3 Å². The lowest BCUT2D eigenvalue weighted by Crippen LogP contribution is -2.19. The predicted molar refractivity (Wildman–Crippen MR) is 58.2 cm³/mol. The molecule has 0 atom stereocenters. The summed E-state index contributed by atoms with van der Waals surface area (Å²) in [7, 11) is 0. The van der Waals surface area contributed by atoms with Gasteiger partial charge in [-0.1, -0.05) is 0 Å². The number of nitrogens with zero attached hydrogens (tertiary/aromatic N) is 2. The molecular weight excluding hydrogens is 358 g/mol. The van der Waals surface area contributed by atoms with E-state index in [2.05, 4.69) is 9.72 Å². The number of alkyl halides is 3. The molecular formula is C7H5F3IN3O3. The molecule has 1 aromatic heterocycles. The molecule has 0 fully saturated rings. The van der Waals surface area contributed by atoms with Crippen molar-refractivity contribution in [1.29, 1.82) is 0 Å². The normalized spacial score (nSPS) is 11.4. The third-order valence-corrected chi connectivity index (χ3v) is 2.34. The molecule has 0 aliphatic heterocycles. The van der Waals surface area contributed by atoms with E-state index in [4.69, 9.17) is 5.73 Å². The minimum atomic E-state index is -5.01. The van der Waals surface area contributed by atoms with Crippen molar-refractivity contribution < 1.29 is 22.8 Å². The van der Waals surface area contributed by atoms with E-state index < -0.39 is 22.7 Å². The van der Waals surface area contributed by atoms with Crippen LogP contribution in [0.25, 0.3) is 0 Å². The van der Waals surface area contributed by atoms with Crippen molar-refractivity contribution in [2.24, 2.45) is 5.73 Å². The van der Waals surface area contributed by atoms with Crippen molar-refractivity contribution in [3.63, 3.8) is 0 Å². The monoisotopic (exact) mass is 363 g/mol. The van der Waals surface area contributed by atoms with Gasteiger partial charge in [0.2, 0.25) is 5.75 Å². The number of nitro groups is 1. The number of hydrogen-bond acceptors (Lipinski definition) is 5. The summed E-state index contributed by atoms with van der Waals surface area (Å²) in [5.74, 6) is -0.914. The fourth-order valence-corrected chi connectivity index (χ4v) is 1.78. The number of ether oxygens (including phenoxy) is 1. The number of halogens is 4. The van der Waals surface area contributed by atoms with Crippen LogP contribution in [0.2, 0.25) is 0 Å². The minimum absolute atomic E-state index is 0.0688. The summed E-state index contributed by atoms with van der Waals surface area (Å²) < 4.78 is 39.5. The second-order valence-corrected chi connectivity index (χ2v) is 3.78. The quantitative estimate of drug-likeness (QED) is 0.384. The van der Waals surface area contributed by atoms with Crippen LogP contribution in [-0.4, -0.2) is 16.3 Å². The highest BCUT2D eigenvalue weighted by Crippen LogP contribution is 2.35. The average molecular weight is 363 g/mol. The molecule has 0 saturated carbocycles. The third-order valence-electron chi connectivity index (χ3n) is 1.59. The van der Waals surface area contributed by atoms with E-state index >= 15 is 0 Å². The van der Waals surface area contributed by atoms with Crippen LogP contribution in [0.1, 0.15) is 5.69 Å². The molecule has 0 unspecified atom stereocenters. The second kappa shape index (κ2) is 5.00. The van der Waals surface area contributed by atoms with Crippen molar-refractivity contribution in [2.45, 2.75) is 12.9 Å². The molecule has 0 aromatic carbocycles. The van der Waals surface area contributed by atoms with Gasteiger partial charge in [0, 0.05) is 12.6 Å². The summed E-state index contributed by atoms with van der Waals surface area (Å²) >= 11 is 1.45. The first kappa shape index (κ1) is 13.9. The van der Waals surface area contributed by atoms with Crippen LogP contribution in [0.4, 0.5) is 18.9 Å². The molecule has 0 amide bonds. The van der Waals surface area contributed by atoms with Gasteiger partial charge < -0.3 is 10.5 Å². The minimum Gasteiger partial charge on any atom is -0.398 e. The van der Waals surface area contributed by atoms with E-state index in [0.29, 0.717) is 0 Å². The summed E-state index contributed by atoms with van der Waals surface area (Å²) in [6, 6.07) is 0.799. The molecule has 0 radical (unpaired) electrons. The van der Waals surface area contributed by atoms with Crippen LogP contribution in [0.3, 0.4) is 0 Å². The Morgan fingerprint density at radius 2 is 2.18 bits per heavy atom. The van der Waals surface area contributed by atoms with Gasteiger partial charge in [-0.3, -0.25) is 10.1 Å². The lowest BCUT2D eigenvalue weighted by molar-refractivity contribution is -0.390. The number of hydrogen-bond donors (Lipinski definition) is 1. The van der Waals surface area contributed by atoms with E-state index in [1.165, 1.54) is 22.6 Å². The first-order valence-corrected chi connectivity index (χ1v) is 5.12. The fourth-order valence-electron chi connectivity index (χ4n) is 1.01. The zero-order valence-electron chi connectivity index (χ0n) is 7.99. The molecule has 0 spiro atoms. The van der Waals surface area contributed by atoms with E-state index in [1.807, 2.05) is 0 Å². The first-order valence-electron chi connectivity index (χ1n) is 4.04. The van der Waals surface area contributed by atoms with Crippen molar-refractivity contribution in [2.75, 3.05) is 0 Å². The Kier molecular flexibility index (Phi) is 4.08. The fraction of sp³-hybridized carbons (Fsp3) is 0.286. The van der Waals surface area contributed by atoms with Gasteiger partial charge in [-0.15, -0.1) is 13.2 Å². The highest BCUT2D eigenvalue weighted by atomic mass is 127. The Bertz CT molecular complexity index is 452. The number of pyridine rings is 1. The van der Waals surface area contributed by atoms with Gasteiger partial charge in [-0.25, -0.2) is 4.98 Å². The molecule has 2 N–H and O–H groups in total. The molecule has 17 heavy (non-hydrogen) atoms. The molecule has 94 valence electrons. The molecule has 0 bridgehead atoms. The molecule has 10 heteroatoms. The smallest absolute Gasteiger partial charge is 0.398 e. The van der Waals surface area contributed by atoms with Crippen molar-refractivity contribution in [1.82, 2.24) is 4.98 Å². The maximum atomic E-state index is 12.1. The maximum absolute atomic E-state index is 12.1. The largest absolute Gasteiger partial charge is 0.573 e. The maximum Gasteiger partial charge on any atom is 0.573 e. The van der Waals surface area contributed by atoms with Crippen LogP contribution in [-0.2, 0) is 6.54 Å². The Hall–Kier alpha value is -1.17. The Balaban J connectivity index is 3.32. The Morgan fingerprint density at radius 3 is 2.59 bits per heavy atom. The van der Waals surface area contributed by atoms with Crippen LogP contribution in [0.15, 0.2) is 6.07 Å². The van der Waals surface area contributed by atoms with E-state index in [1.54, 1.807) is 0 Å². The average Bonchev–Trinajstić information content (AvgIpc) is 2.13. The van der Waals surface area contributed by atoms with Crippen LogP contribution in [0, 0.1) is 13.8 Å². The standard InChI is InChI=1S/C7H5F3IN3O3/c8-7(9,10)17-4-1-3(2-12)13-6(11)5(4)14(15)16/h1H,2,12H2. The Morgan fingerprint density at radius 1 is 1.59 bits per heavy atom. The summed E-state index contributed by atoms with van der Waals surface area (Å²) in [5, 5.41) is 10.6. The van der Waals surface area contributed by atoms with Gasteiger partial charge in [0.05, 0.1) is 10.6 Å². The summed E-state index contributed by atoms with van der Waals surface area (Å²) in [5.41, 5.74) is 4.44. The SMILES string of the molecule is NCc1cc(OC(F)(F)F)c([N+](=O)[O-])c(I)n1. The first-order chi connectivity index (χ1) is 7.74. The number of rotatable bonds is 3. The van der Waals surface area contributed by atoms with Gasteiger partial charge in [-0.05, 0) is 22.6 Å². The van der Waals surface area contributed by atoms with Crippen molar-refractivity contribution in [3.05, 3.63) is 25.6 Å². The lowest BCUT2D eigenvalue weighted by Gasteiger charge is -2.10. The Labute approximate surface area is 106 Å². The van der Waals surface area contributed by atoms with E-state index in [0.717, 1.165) is 6.07 Å². The van der Waals surface area contributed by atoms with Gasteiger partial charge in [0.1, 0.15) is 0 Å². The van der Waals surface area contributed by atoms with Crippen LogP contribution in [0.5, 0.6) is 5.75 Å². The molecule has 1 aromatic rings. The predicted octanol–water partition coefficient (Wildman–Crippen LogP) is 1.95.